The Morgan fingerprint density at radius 1 is 0.474 bits per heavy atom. The molecule has 4 heteroatoms. The van der Waals surface area contributed by atoms with E-state index in [1.807, 2.05) is 36.4 Å². The fraction of sp³-hybridized carbons (Fsp3) is 0. The fourth-order valence-corrected chi connectivity index (χ4v) is 0.832. The molecular formula is C15H12N3Ru. The van der Waals surface area contributed by atoms with Crippen molar-refractivity contribution < 1.29 is 19.5 Å². The number of rotatable bonds is 0. The zero-order valence-corrected chi connectivity index (χ0v) is 11.9. The van der Waals surface area contributed by atoms with Crippen LogP contribution in [0.15, 0.2) is 73.2 Å². The summed E-state index contributed by atoms with van der Waals surface area (Å²) in [6, 6.07) is 16.5. The Morgan fingerprint density at radius 2 is 0.789 bits per heavy atom. The number of hydrogen-bond acceptors (Lipinski definition) is 3. The largest absolute Gasteiger partial charge is 3.00 e. The predicted molar refractivity (Wildman–Crippen MR) is 69.2 cm³/mol. The summed E-state index contributed by atoms with van der Waals surface area (Å²) in [7, 11) is 0. The molecule has 3 aromatic heterocycles. The Labute approximate surface area is 126 Å². The van der Waals surface area contributed by atoms with Gasteiger partial charge in [-0.25, -0.2) is 0 Å². The van der Waals surface area contributed by atoms with E-state index in [9.17, 15) is 0 Å². The molecule has 3 heterocycles. The Morgan fingerprint density at radius 3 is 0.842 bits per heavy atom. The third kappa shape index (κ3) is 12.3. The minimum atomic E-state index is 0. The summed E-state index contributed by atoms with van der Waals surface area (Å²) in [5, 5.41) is 0. The number of nitrogens with zero attached hydrogens (tertiary/aromatic N) is 3. The molecule has 0 bridgehead atoms. The minimum Gasteiger partial charge on any atom is -0.394 e. The van der Waals surface area contributed by atoms with Crippen molar-refractivity contribution in [2.45, 2.75) is 0 Å². The quantitative estimate of drug-likeness (QED) is 0.468. The summed E-state index contributed by atoms with van der Waals surface area (Å²) >= 11 is 0. The van der Waals surface area contributed by atoms with Crippen molar-refractivity contribution in [3.05, 3.63) is 91.8 Å². The molecule has 0 N–H and O–H groups in total. The van der Waals surface area contributed by atoms with Crippen LogP contribution in [-0.2, 0) is 19.5 Å². The average Bonchev–Trinajstić information content (AvgIpc) is 2.54. The molecule has 0 aliphatic carbocycles. The second kappa shape index (κ2) is 14.1. The molecule has 0 atom stereocenters. The Hall–Kier alpha value is -1.93. The molecule has 0 aliphatic rings. The normalized spacial score (nSPS) is 7.58. The van der Waals surface area contributed by atoms with Crippen LogP contribution in [0.1, 0.15) is 0 Å². The van der Waals surface area contributed by atoms with Gasteiger partial charge in [-0.15, -0.1) is 0 Å². The van der Waals surface area contributed by atoms with E-state index in [2.05, 4.69) is 33.5 Å². The Bertz CT molecular complexity index is 308. The van der Waals surface area contributed by atoms with Gasteiger partial charge in [-0.2, -0.15) is 54.6 Å². The molecule has 0 amide bonds. The predicted octanol–water partition coefficient (Wildman–Crippen LogP) is 2.64. The van der Waals surface area contributed by atoms with Gasteiger partial charge < -0.3 is 15.0 Å². The number of pyridine rings is 3. The summed E-state index contributed by atoms with van der Waals surface area (Å²) in [5.74, 6) is 0. The maximum atomic E-state index is 3.66. The van der Waals surface area contributed by atoms with Gasteiger partial charge in [-0.3, -0.25) is 0 Å². The van der Waals surface area contributed by atoms with Crippen molar-refractivity contribution >= 4 is 0 Å². The van der Waals surface area contributed by atoms with Gasteiger partial charge in [0, 0.05) is 0 Å². The van der Waals surface area contributed by atoms with Crippen LogP contribution in [0, 0.1) is 18.6 Å². The van der Waals surface area contributed by atoms with Gasteiger partial charge in [0.15, 0.2) is 0 Å². The molecule has 95 valence electrons. The van der Waals surface area contributed by atoms with Crippen LogP contribution in [0.2, 0.25) is 0 Å². The summed E-state index contributed by atoms with van der Waals surface area (Å²) in [4.78, 5) is 11.0. The smallest absolute Gasteiger partial charge is 0.394 e. The molecule has 0 unspecified atom stereocenters. The zero-order chi connectivity index (χ0) is 12.7. The van der Waals surface area contributed by atoms with Crippen LogP contribution < -0.4 is 0 Å². The van der Waals surface area contributed by atoms with Gasteiger partial charge in [-0.05, 0) is 0 Å². The summed E-state index contributed by atoms with van der Waals surface area (Å²) in [6.07, 6.45) is 13.0. The van der Waals surface area contributed by atoms with Crippen LogP contribution in [0.4, 0.5) is 0 Å². The van der Waals surface area contributed by atoms with Crippen molar-refractivity contribution in [3.8, 4) is 0 Å². The van der Waals surface area contributed by atoms with Crippen LogP contribution >= 0.6 is 0 Å². The van der Waals surface area contributed by atoms with Gasteiger partial charge in [-0.1, -0.05) is 37.2 Å². The first-order chi connectivity index (χ1) is 9.00. The van der Waals surface area contributed by atoms with E-state index < -0.39 is 0 Å². The molecule has 0 saturated heterocycles. The van der Waals surface area contributed by atoms with E-state index in [4.69, 9.17) is 0 Å². The average molecular weight is 335 g/mol. The van der Waals surface area contributed by atoms with Crippen molar-refractivity contribution in [3.63, 3.8) is 0 Å². The SMILES string of the molecule is [Ru+3].[c-]1ccccn1.[c-]1ccccn1.[c-]1ccccn1. The van der Waals surface area contributed by atoms with E-state index >= 15 is 0 Å². The van der Waals surface area contributed by atoms with Gasteiger partial charge in [0.05, 0.1) is 0 Å². The van der Waals surface area contributed by atoms with Crippen LogP contribution in [0.3, 0.4) is 0 Å². The van der Waals surface area contributed by atoms with Crippen molar-refractivity contribution in [2.75, 3.05) is 0 Å². The summed E-state index contributed by atoms with van der Waals surface area (Å²) < 4.78 is 0. The van der Waals surface area contributed by atoms with Crippen LogP contribution in [0.25, 0.3) is 0 Å². The molecule has 0 aliphatic heterocycles. The molecule has 0 saturated carbocycles. The number of aromatic nitrogens is 3. The molecule has 3 rings (SSSR count). The Balaban J connectivity index is 0.000000249. The maximum Gasteiger partial charge on any atom is 3.00 e. The third-order valence-electron chi connectivity index (χ3n) is 1.55. The first-order valence-corrected chi connectivity index (χ1v) is 5.31. The Kier molecular flexibility index (Phi) is 12.7. The summed E-state index contributed by atoms with van der Waals surface area (Å²) in [6.45, 7) is 0. The van der Waals surface area contributed by atoms with E-state index in [1.165, 1.54) is 0 Å². The molecule has 0 aromatic carbocycles. The van der Waals surface area contributed by atoms with Gasteiger partial charge in [0.2, 0.25) is 0 Å². The molecule has 0 spiro atoms. The third-order valence-corrected chi connectivity index (χ3v) is 1.55. The van der Waals surface area contributed by atoms with Gasteiger partial charge in [0.25, 0.3) is 0 Å². The van der Waals surface area contributed by atoms with Gasteiger partial charge in [0.1, 0.15) is 0 Å². The number of hydrogen-bond donors (Lipinski definition) is 0. The maximum absolute atomic E-state index is 3.66. The minimum absolute atomic E-state index is 0. The first-order valence-electron chi connectivity index (χ1n) is 5.31. The molecular weight excluding hydrogens is 323 g/mol. The van der Waals surface area contributed by atoms with Crippen LogP contribution in [0.5, 0.6) is 0 Å². The van der Waals surface area contributed by atoms with Crippen LogP contribution in [-0.4, -0.2) is 15.0 Å². The zero-order valence-electron chi connectivity index (χ0n) is 10.1. The standard InChI is InChI=1S/3C5H4N.Ru/c3*1-2-4-6-5-3-1;/h3*1-4H;/q3*-1;+3. The molecule has 19 heavy (non-hydrogen) atoms. The molecule has 1 radical (unpaired) electrons. The van der Waals surface area contributed by atoms with Crippen molar-refractivity contribution in [1.29, 1.82) is 0 Å². The molecule has 0 fully saturated rings. The fourth-order valence-electron chi connectivity index (χ4n) is 0.832. The topological polar surface area (TPSA) is 38.7 Å². The van der Waals surface area contributed by atoms with E-state index in [0.717, 1.165) is 0 Å². The van der Waals surface area contributed by atoms with Crippen molar-refractivity contribution in [1.82, 2.24) is 15.0 Å². The molecule has 3 aromatic rings. The second-order valence-electron chi connectivity index (χ2n) is 2.88. The second-order valence-corrected chi connectivity index (χ2v) is 2.88. The van der Waals surface area contributed by atoms with E-state index in [1.54, 1.807) is 36.8 Å². The van der Waals surface area contributed by atoms with E-state index in [-0.39, 0.29) is 19.5 Å². The van der Waals surface area contributed by atoms with Gasteiger partial charge >= 0.3 is 19.5 Å². The first kappa shape index (κ1) is 17.1. The monoisotopic (exact) mass is 336 g/mol. The van der Waals surface area contributed by atoms with E-state index in [0.29, 0.717) is 0 Å². The van der Waals surface area contributed by atoms with Crippen molar-refractivity contribution in [2.24, 2.45) is 0 Å². The molecule has 3 nitrogen and oxygen atoms in total. The summed E-state index contributed by atoms with van der Waals surface area (Å²) in [5.41, 5.74) is 0.